The smallest absolute Gasteiger partial charge is 0.410 e. The molecule has 0 radical (unpaired) electrons. The van der Waals surface area contributed by atoms with Crippen molar-refractivity contribution in [2.75, 3.05) is 31.1 Å². The minimum atomic E-state index is -0.526. The summed E-state index contributed by atoms with van der Waals surface area (Å²) in [6.45, 7) is 9.15. The Kier molecular flexibility index (Phi) is 9.15. The van der Waals surface area contributed by atoms with Gasteiger partial charge in [0.25, 0.3) is 0 Å². The van der Waals surface area contributed by atoms with E-state index >= 15 is 0 Å². The summed E-state index contributed by atoms with van der Waals surface area (Å²) in [6.07, 6.45) is 1.64. The monoisotopic (exact) mass is 606 g/mol. The highest BCUT2D eigenvalue weighted by Gasteiger charge is 2.32. The number of fused-ring (bicyclic) bond motifs is 1. The molecule has 0 bridgehead atoms. The van der Waals surface area contributed by atoms with Gasteiger partial charge in [-0.1, -0.05) is 72.8 Å². The maximum Gasteiger partial charge on any atom is 0.410 e. The first-order valence-corrected chi connectivity index (χ1v) is 15.8. The van der Waals surface area contributed by atoms with Gasteiger partial charge >= 0.3 is 6.09 Å². The molecule has 4 aromatic rings. The van der Waals surface area contributed by atoms with Crippen LogP contribution in [0.3, 0.4) is 0 Å². The normalized spacial score (nSPS) is 16.4. The predicted octanol–water partition coefficient (Wildman–Crippen LogP) is 8.49. The molecule has 1 amide bonds. The van der Waals surface area contributed by atoms with Crippen molar-refractivity contribution in [3.05, 3.63) is 114 Å². The number of piperidine rings is 1. The molecule has 1 atom stereocenters. The molecule has 6 rings (SSSR count). The SMILES string of the molecule is CC(C)(C)OC(=O)N1CCC[C@H](c2cccc3c2OCCN3c2ccc(OCc3ccccc3)cc2OCc2ccccc2)C1. The predicted molar refractivity (Wildman–Crippen MR) is 177 cm³/mol. The Bertz CT molecular complexity index is 1590. The molecule has 4 aromatic carbocycles. The van der Waals surface area contributed by atoms with Crippen LogP contribution in [0.4, 0.5) is 16.2 Å². The molecule has 0 saturated carbocycles. The Hall–Kier alpha value is -4.65. The Morgan fingerprint density at radius 1 is 0.822 bits per heavy atom. The average molecular weight is 607 g/mol. The van der Waals surface area contributed by atoms with Gasteiger partial charge in [-0.2, -0.15) is 0 Å². The second-order valence-corrected chi connectivity index (χ2v) is 12.6. The number of carbonyl (C=O) groups excluding carboxylic acids is 1. The van der Waals surface area contributed by atoms with Crippen molar-refractivity contribution in [2.45, 2.75) is 58.3 Å². The van der Waals surface area contributed by atoms with Gasteiger partial charge in [0.2, 0.25) is 0 Å². The quantitative estimate of drug-likeness (QED) is 0.201. The molecule has 2 heterocycles. The highest BCUT2D eigenvalue weighted by Crippen LogP contribution is 2.46. The highest BCUT2D eigenvalue weighted by molar-refractivity contribution is 5.77. The second-order valence-electron chi connectivity index (χ2n) is 12.6. The molecule has 1 fully saturated rings. The number of carbonyl (C=O) groups is 1. The summed E-state index contributed by atoms with van der Waals surface area (Å²) in [5.74, 6) is 2.52. The van der Waals surface area contributed by atoms with Crippen molar-refractivity contribution in [1.29, 1.82) is 0 Å². The number of amides is 1. The number of hydrogen-bond acceptors (Lipinski definition) is 6. The lowest BCUT2D eigenvalue weighted by Crippen LogP contribution is -2.42. The van der Waals surface area contributed by atoms with Crippen LogP contribution in [0, 0.1) is 0 Å². The van der Waals surface area contributed by atoms with E-state index in [-0.39, 0.29) is 12.0 Å². The summed E-state index contributed by atoms with van der Waals surface area (Å²) in [7, 11) is 0. The maximum absolute atomic E-state index is 12.9. The lowest BCUT2D eigenvalue weighted by Gasteiger charge is -2.37. The van der Waals surface area contributed by atoms with Crippen molar-refractivity contribution in [1.82, 2.24) is 4.90 Å². The van der Waals surface area contributed by atoms with Crippen LogP contribution < -0.4 is 19.1 Å². The minimum absolute atomic E-state index is 0.156. The number of ether oxygens (including phenoxy) is 4. The number of para-hydroxylation sites is 1. The van der Waals surface area contributed by atoms with E-state index in [1.165, 1.54) is 0 Å². The Labute approximate surface area is 266 Å². The van der Waals surface area contributed by atoms with E-state index < -0.39 is 5.60 Å². The van der Waals surface area contributed by atoms with E-state index in [2.05, 4.69) is 53.4 Å². The number of likely N-dealkylation sites (tertiary alicyclic amines) is 1. The number of anilines is 2. The van der Waals surface area contributed by atoms with E-state index in [0.717, 1.165) is 58.2 Å². The molecule has 2 aliphatic heterocycles. The van der Waals surface area contributed by atoms with Crippen LogP contribution in [0.15, 0.2) is 97.1 Å². The third-order valence-electron chi connectivity index (χ3n) is 8.10. The zero-order chi connectivity index (χ0) is 31.2. The lowest BCUT2D eigenvalue weighted by atomic mass is 9.89. The lowest BCUT2D eigenvalue weighted by molar-refractivity contribution is 0.0197. The van der Waals surface area contributed by atoms with Gasteiger partial charge in [0.05, 0.1) is 17.9 Å². The van der Waals surface area contributed by atoms with E-state index in [0.29, 0.717) is 39.5 Å². The van der Waals surface area contributed by atoms with Crippen LogP contribution in [-0.4, -0.2) is 42.8 Å². The average Bonchev–Trinajstić information content (AvgIpc) is 3.06. The van der Waals surface area contributed by atoms with Crippen molar-refractivity contribution >= 4 is 17.5 Å². The summed E-state index contributed by atoms with van der Waals surface area (Å²) in [5, 5.41) is 0. The van der Waals surface area contributed by atoms with Gasteiger partial charge in [0.15, 0.2) is 0 Å². The van der Waals surface area contributed by atoms with Crippen molar-refractivity contribution in [3.8, 4) is 17.2 Å². The summed E-state index contributed by atoms with van der Waals surface area (Å²) < 4.78 is 24.7. The molecule has 234 valence electrons. The van der Waals surface area contributed by atoms with Crippen LogP contribution in [0.1, 0.15) is 56.2 Å². The molecule has 1 saturated heterocycles. The van der Waals surface area contributed by atoms with Crippen LogP contribution in [0.2, 0.25) is 0 Å². The van der Waals surface area contributed by atoms with Gasteiger partial charge in [0.1, 0.15) is 42.7 Å². The van der Waals surface area contributed by atoms with Crippen LogP contribution in [-0.2, 0) is 18.0 Å². The van der Waals surface area contributed by atoms with E-state index in [9.17, 15) is 4.79 Å². The Balaban J connectivity index is 1.28. The van der Waals surface area contributed by atoms with Gasteiger partial charge in [-0.15, -0.1) is 0 Å². The molecule has 0 spiro atoms. The van der Waals surface area contributed by atoms with E-state index in [1.54, 1.807) is 0 Å². The van der Waals surface area contributed by atoms with E-state index in [4.69, 9.17) is 18.9 Å². The second kappa shape index (κ2) is 13.6. The highest BCUT2D eigenvalue weighted by atomic mass is 16.6. The fraction of sp³-hybridized carbons (Fsp3) is 0.342. The Morgan fingerprint density at radius 3 is 2.24 bits per heavy atom. The van der Waals surface area contributed by atoms with E-state index in [1.807, 2.05) is 74.2 Å². The van der Waals surface area contributed by atoms with Gasteiger partial charge < -0.3 is 28.7 Å². The zero-order valence-electron chi connectivity index (χ0n) is 26.4. The van der Waals surface area contributed by atoms with Crippen molar-refractivity contribution < 1.29 is 23.7 Å². The molecule has 7 nitrogen and oxygen atoms in total. The van der Waals surface area contributed by atoms with Crippen molar-refractivity contribution in [2.24, 2.45) is 0 Å². The number of nitrogens with zero attached hydrogens (tertiary/aromatic N) is 2. The number of rotatable bonds is 8. The third kappa shape index (κ3) is 7.54. The maximum atomic E-state index is 12.9. The van der Waals surface area contributed by atoms with Crippen molar-refractivity contribution in [3.63, 3.8) is 0 Å². The largest absolute Gasteiger partial charge is 0.489 e. The summed E-state index contributed by atoms with van der Waals surface area (Å²) in [6, 6.07) is 32.7. The topological polar surface area (TPSA) is 60.5 Å². The standard InChI is InChI=1S/C38H42N2O5/c1-38(2,3)45-37(41)39-21-11-16-30(25-39)32-17-10-18-34-36(32)42-23-22-40(34)33-20-19-31(43-26-28-12-6-4-7-13-28)24-35(33)44-27-29-14-8-5-9-15-29/h4-10,12-15,17-20,24,30H,11,16,21-23,25-27H2,1-3H3/t30-/m0/s1. The Morgan fingerprint density at radius 2 is 1.53 bits per heavy atom. The van der Waals surface area contributed by atoms with Gasteiger partial charge in [-0.05, 0) is 62.9 Å². The molecule has 0 unspecified atom stereocenters. The molecular formula is C38H42N2O5. The van der Waals surface area contributed by atoms with Crippen LogP contribution >= 0.6 is 0 Å². The third-order valence-corrected chi connectivity index (χ3v) is 8.10. The number of hydrogen-bond donors (Lipinski definition) is 0. The molecule has 0 aromatic heterocycles. The molecule has 2 aliphatic rings. The summed E-state index contributed by atoms with van der Waals surface area (Å²) >= 11 is 0. The summed E-state index contributed by atoms with van der Waals surface area (Å²) in [4.78, 5) is 17.0. The number of benzene rings is 4. The first-order chi connectivity index (χ1) is 21.8. The molecule has 45 heavy (non-hydrogen) atoms. The first-order valence-electron chi connectivity index (χ1n) is 15.8. The fourth-order valence-electron chi connectivity index (χ4n) is 5.97. The molecule has 0 N–H and O–H groups in total. The van der Waals surface area contributed by atoms with Crippen LogP contribution in [0.25, 0.3) is 0 Å². The van der Waals surface area contributed by atoms with Gasteiger partial charge in [0, 0.05) is 30.6 Å². The first kappa shape index (κ1) is 30.4. The molecule has 0 aliphatic carbocycles. The molecule has 7 heteroatoms. The van der Waals surface area contributed by atoms with Crippen LogP contribution in [0.5, 0.6) is 17.2 Å². The van der Waals surface area contributed by atoms with Gasteiger partial charge in [-0.25, -0.2) is 4.79 Å². The van der Waals surface area contributed by atoms with Gasteiger partial charge in [-0.3, -0.25) is 0 Å². The zero-order valence-corrected chi connectivity index (χ0v) is 26.4. The molecular weight excluding hydrogens is 564 g/mol. The summed E-state index contributed by atoms with van der Waals surface area (Å²) in [5.41, 5.74) is 4.75. The minimum Gasteiger partial charge on any atom is -0.489 e. The fourth-order valence-corrected chi connectivity index (χ4v) is 5.97.